The molecule has 2 atom stereocenters. The predicted octanol–water partition coefficient (Wildman–Crippen LogP) is 6.27. The van der Waals surface area contributed by atoms with Gasteiger partial charge in [-0.1, -0.05) is 42.8 Å². The molecule has 0 aromatic heterocycles. The SMILES string of the molecule is CCC1(COC)CC(Cc2ccc(-c3cc(Cl)ccc3F)cc2)N(C(=O)OC(C)(C)C)C1=O. The van der Waals surface area contributed by atoms with Crippen molar-refractivity contribution in [2.45, 2.75) is 58.6 Å². The second-order valence-electron chi connectivity index (χ2n) is 9.61. The molecule has 2 aromatic carbocycles. The maximum Gasteiger partial charge on any atom is 0.417 e. The fourth-order valence-corrected chi connectivity index (χ4v) is 4.54. The summed E-state index contributed by atoms with van der Waals surface area (Å²) in [5.74, 6) is -0.611. The highest BCUT2D eigenvalue weighted by Gasteiger charge is 2.53. The Hall–Kier alpha value is -2.44. The van der Waals surface area contributed by atoms with Crippen molar-refractivity contribution < 1.29 is 23.5 Å². The fourth-order valence-electron chi connectivity index (χ4n) is 4.36. The lowest BCUT2D eigenvalue weighted by Gasteiger charge is -2.28. The van der Waals surface area contributed by atoms with Gasteiger partial charge in [0, 0.05) is 23.7 Å². The molecule has 0 aliphatic carbocycles. The van der Waals surface area contributed by atoms with Gasteiger partial charge in [0.2, 0.25) is 5.91 Å². The largest absolute Gasteiger partial charge is 0.443 e. The third-order valence-corrected chi connectivity index (χ3v) is 6.25. The minimum Gasteiger partial charge on any atom is -0.443 e. The van der Waals surface area contributed by atoms with Crippen molar-refractivity contribution in [3.05, 3.63) is 58.9 Å². The van der Waals surface area contributed by atoms with Gasteiger partial charge in [-0.15, -0.1) is 0 Å². The van der Waals surface area contributed by atoms with E-state index in [4.69, 9.17) is 21.1 Å². The van der Waals surface area contributed by atoms with E-state index in [0.717, 1.165) is 5.56 Å². The highest BCUT2D eigenvalue weighted by atomic mass is 35.5. The number of ether oxygens (including phenoxy) is 2. The second kappa shape index (κ2) is 9.82. The zero-order chi connectivity index (χ0) is 24.4. The lowest BCUT2D eigenvalue weighted by Crippen LogP contribution is -2.45. The Bertz CT molecular complexity index is 1020. The molecular weight excluding hydrogens is 445 g/mol. The summed E-state index contributed by atoms with van der Waals surface area (Å²) < 4.78 is 25.1. The Labute approximate surface area is 199 Å². The zero-order valence-corrected chi connectivity index (χ0v) is 20.5. The first-order valence-corrected chi connectivity index (χ1v) is 11.5. The van der Waals surface area contributed by atoms with Crippen LogP contribution in [0.5, 0.6) is 0 Å². The Morgan fingerprint density at radius 2 is 1.88 bits per heavy atom. The summed E-state index contributed by atoms with van der Waals surface area (Å²) in [7, 11) is 1.56. The topological polar surface area (TPSA) is 55.8 Å². The average Bonchev–Trinajstić information content (AvgIpc) is 3.01. The summed E-state index contributed by atoms with van der Waals surface area (Å²) in [6.07, 6.45) is 0.874. The van der Waals surface area contributed by atoms with Crippen LogP contribution in [0.15, 0.2) is 42.5 Å². The number of carbonyl (C=O) groups is 2. The van der Waals surface area contributed by atoms with Crippen LogP contribution in [0, 0.1) is 11.2 Å². The molecule has 1 aliphatic heterocycles. The van der Waals surface area contributed by atoms with Crippen molar-refractivity contribution in [3.8, 4) is 11.1 Å². The van der Waals surface area contributed by atoms with E-state index in [1.807, 2.05) is 31.2 Å². The standard InChI is InChI=1S/C26H31ClFNO4/c1-6-26(16-32-5)15-20(29(23(26)30)24(31)33-25(2,3)4)13-17-7-9-18(10-8-17)21-14-19(27)11-12-22(21)28/h7-12,14,20H,6,13,15-16H2,1-5H3. The first kappa shape index (κ1) is 25.2. The van der Waals surface area contributed by atoms with Gasteiger partial charge in [0.05, 0.1) is 12.0 Å². The summed E-state index contributed by atoms with van der Waals surface area (Å²) in [6.45, 7) is 7.50. The van der Waals surface area contributed by atoms with Gasteiger partial charge in [-0.05, 0) is 69.4 Å². The maximum absolute atomic E-state index is 14.2. The van der Waals surface area contributed by atoms with Crippen molar-refractivity contribution in [3.63, 3.8) is 0 Å². The summed E-state index contributed by atoms with van der Waals surface area (Å²) in [6, 6.07) is 11.5. The molecule has 2 unspecified atom stereocenters. The van der Waals surface area contributed by atoms with Gasteiger partial charge in [0.1, 0.15) is 11.4 Å². The van der Waals surface area contributed by atoms with Crippen LogP contribution in [0.25, 0.3) is 11.1 Å². The average molecular weight is 476 g/mol. The van der Waals surface area contributed by atoms with Crippen LogP contribution in [0.1, 0.15) is 46.1 Å². The second-order valence-corrected chi connectivity index (χ2v) is 10.0. The third kappa shape index (κ3) is 5.56. The molecular formula is C26H31ClFNO4. The molecule has 1 heterocycles. The summed E-state index contributed by atoms with van der Waals surface area (Å²) in [5, 5.41) is 0.460. The number of halogens is 2. The van der Waals surface area contributed by atoms with Crippen LogP contribution in [-0.2, 0) is 20.7 Å². The first-order chi connectivity index (χ1) is 15.5. The fraction of sp³-hybridized carbons (Fsp3) is 0.462. The normalized spacial score (nSPS) is 20.9. The number of carbonyl (C=O) groups excluding carboxylic acids is 2. The molecule has 0 bridgehead atoms. The Morgan fingerprint density at radius 3 is 2.45 bits per heavy atom. The molecule has 1 aliphatic rings. The van der Waals surface area contributed by atoms with Crippen molar-refractivity contribution in [1.29, 1.82) is 0 Å². The number of amides is 2. The van der Waals surface area contributed by atoms with Gasteiger partial charge in [-0.2, -0.15) is 0 Å². The molecule has 1 saturated heterocycles. The molecule has 0 saturated carbocycles. The molecule has 0 N–H and O–H groups in total. The lowest BCUT2D eigenvalue weighted by molar-refractivity contribution is -0.138. The van der Waals surface area contributed by atoms with Crippen molar-refractivity contribution in [1.82, 2.24) is 4.90 Å². The van der Waals surface area contributed by atoms with E-state index >= 15 is 0 Å². The van der Waals surface area contributed by atoms with Crippen molar-refractivity contribution in [2.24, 2.45) is 5.41 Å². The van der Waals surface area contributed by atoms with E-state index in [1.54, 1.807) is 33.9 Å². The number of imide groups is 1. The molecule has 5 nitrogen and oxygen atoms in total. The molecule has 2 aromatic rings. The van der Waals surface area contributed by atoms with Crippen LogP contribution >= 0.6 is 11.6 Å². The number of nitrogens with zero attached hydrogens (tertiary/aromatic N) is 1. The summed E-state index contributed by atoms with van der Waals surface area (Å²) in [5.41, 5.74) is 0.568. The van der Waals surface area contributed by atoms with Gasteiger partial charge < -0.3 is 9.47 Å². The van der Waals surface area contributed by atoms with Gasteiger partial charge in [0.15, 0.2) is 0 Å². The molecule has 33 heavy (non-hydrogen) atoms. The van der Waals surface area contributed by atoms with Gasteiger partial charge >= 0.3 is 6.09 Å². The summed E-state index contributed by atoms with van der Waals surface area (Å²) in [4.78, 5) is 27.6. The van der Waals surface area contributed by atoms with E-state index in [-0.39, 0.29) is 24.4 Å². The van der Waals surface area contributed by atoms with E-state index in [9.17, 15) is 14.0 Å². The number of benzene rings is 2. The van der Waals surface area contributed by atoms with Gasteiger partial charge in [-0.25, -0.2) is 14.1 Å². The van der Waals surface area contributed by atoms with Crippen LogP contribution in [0.4, 0.5) is 9.18 Å². The molecule has 178 valence electrons. The molecule has 2 amide bonds. The van der Waals surface area contributed by atoms with Crippen molar-refractivity contribution in [2.75, 3.05) is 13.7 Å². The molecule has 0 spiro atoms. The number of hydrogen-bond donors (Lipinski definition) is 0. The number of methoxy groups -OCH3 is 1. The predicted molar refractivity (Wildman–Crippen MR) is 127 cm³/mol. The smallest absolute Gasteiger partial charge is 0.417 e. The first-order valence-electron chi connectivity index (χ1n) is 11.1. The molecule has 0 radical (unpaired) electrons. The van der Waals surface area contributed by atoms with Gasteiger partial charge in [0.25, 0.3) is 0 Å². The van der Waals surface area contributed by atoms with Gasteiger partial charge in [-0.3, -0.25) is 4.79 Å². The van der Waals surface area contributed by atoms with Crippen LogP contribution in [0.2, 0.25) is 5.02 Å². The monoisotopic (exact) mass is 475 g/mol. The number of rotatable bonds is 6. The minimum absolute atomic E-state index is 0.241. The van der Waals surface area contributed by atoms with Crippen LogP contribution in [-0.4, -0.2) is 42.3 Å². The lowest BCUT2D eigenvalue weighted by atomic mass is 9.82. The molecule has 7 heteroatoms. The van der Waals surface area contributed by atoms with Crippen LogP contribution < -0.4 is 0 Å². The quantitative estimate of drug-likeness (QED) is 0.494. The van der Waals surface area contributed by atoms with E-state index < -0.39 is 17.1 Å². The highest BCUT2D eigenvalue weighted by Crippen LogP contribution is 2.41. The summed E-state index contributed by atoms with van der Waals surface area (Å²) >= 11 is 6.02. The number of hydrogen-bond acceptors (Lipinski definition) is 4. The van der Waals surface area contributed by atoms with E-state index in [1.165, 1.54) is 17.0 Å². The highest BCUT2D eigenvalue weighted by molar-refractivity contribution is 6.30. The Morgan fingerprint density at radius 1 is 1.21 bits per heavy atom. The number of likely N-dealkylation sites (tertiary alicyclic amines) is 1. The zero-order valence-electron chi connectivity index (χ0n) is 19.8. The maximum atomic E-state index is 14.2. The minimum atomic E-state index is -0.764. The molecule has 1 fully saturated rings. The van der Waals surface area contributed by atoms with Crippen molar-refractivity contribution >= 4 is 23.6 Å². The van der Waals surface area contributed by atoms with E-state index in [0.29, 0.717) is 35.4 Å². The van der Waals surface area contributed by atoms with E-state index in [2.05, 4.69) is 0 Å². The third-order valence-electron chi connectivity index (χ3n) is 6.02. The Balaban J connectivity index is 1.88. The Kier molecular flexibility index (Phi) is 7.49. The molecule has 3 rings (SSSR count). The van der Waals surface area contributed by atoms with Crippen LogP contribution in [0.3, 0.4) is 0 Å².